The lowest BCUT2D eigenvalue weighted by Gasteiger charge is -2.09. The molecule has 1 fully saturated rings. The van der Waals surface area contributed by atoms with E-state index in [1.165, 1.54) is 0 Å². The maximum atomic E-state index is 12.6. The predicted molar refractivity (Wildman–Crippen MR) is 98.5 cm³/mol. The second-order valence-electron chi connectivity index (χ2n) is 7.05. The zero-order chi connectivity index (χ0) is 18.3. The van der Waals surface area contributed by atoms with Crippen LogP contribution in [0.3, 0.4) is 0 Å². The van der Waals surface area contributed by atoms with Gasteiger partial charge < -0.3 is 15.6 Å². The summed E-state index contributed by atoms with van der Waals surface area (Å²) in [4.78, 5) is 39.6. The van der Waals surface area contributed by atoms with Gasteiger partial charge in [-0.15, -0.1) is 0 Å². The van der Waals surface area contributed by atoms with Gasteiger partial charge in [0, 0.05) is 35.0 Å². The summed E-state index contributed by atoms with van der Waals surface area (Å²) in [7, 11) is 0. The molecule has 0 unspecified atom stereocenters. The highest BCUT2D eigenvalue weighted by Gasteiger charge is 2.29. The van der Waals surface area contributed by atoms with Gasteiger partial charge in [-0.1, -0.05) is 0 Å². The van der Waals surface area contributed by atoms with E-state index < -0.39 is 0 Å². The van der Waals surface area contributed by atoms with Crippen LogP contribution < -0.4 is 10.6 Å². The number of benzene rings is 1. The lowest BCUT2D eigenvalue weighted by atomic mass is 9.94. The van der Waals surface area contributed by atoms with Crippen molar-refractivity contribution in [1.82, 2.24) is 4.98 Å². The lowest BCUT2D eigenvalue weighted by molar-refractivity contribution is -0.117. The highest BCUT2D eigenvalue weighted by atomic mass is 16.2. The van der Waals surface area contributed by atoms with E-state index in [-0.39, 0.29) is 23.5 Å². The highest BCUT2D eigenvalue weighted by Crippen LogP contribution is 2.30. The molecule has 0 aliphatic heterocycles. The maximum absolute atomic E-state index is 12.6. The number of nitrogens with one attached hydrogen (secondary N) is 3. The average Bonchev–Trinajstić information content (AvgIpc) is 3.41. The predicted octanol–water partition coefficient (Wildman–Crippen LogP) is 3.44. The summed E-state index contributed by atoms with van der Waals surface area (Å²) in [6.45, 7) is 1.81. The van der Waals surface area contributed by atoms with Crippen LogP contribution in [0, 0.1) is 12.8 Å². The van der Waals surface area contributed by atoms with Gasteiger partial charge in [-0.25, -0.2) is 0 Å². The number of aromatic nitrogens is 1. The van der Waals surface area contributed by atoms with Gasteiger partial charge in [0.15, 0.2) is 5.78 Å². The van der Waals surface area contributed by atoms with Crippen LogP contribution in [-0.2, 0) is 11.2 Å². The van der Waals surface area contributed by atoms with Crippen LogP contribution in [0.5, 0.6) is 0 Å². The molecule has 2 amide bonds. The van der Waals surface area contributed by atoms with Gasteiger partial charge in [0.25, 0.3) is 5.91 Å². The molecular weight excluding hydrogens is 330 g/mol. The van der Waals surface area contributed by atoms with Crippen LogP contribution in [0.1, 0.15) is 57.8 Å². The van der Waals surface area contributed by atoms with E-state index in [4.69, 9.17) is 0 Å². The normalized spacial score (nSPS) is 16.1. The van der Waals surface area contributed by atoms with Gasteiger partial charge in [-0.2, -0.15) is 0 Å². The first-order chi connectivity index (χ1) is 12.5. The Morgan fingerprint density at radius 3 is 2.31 bits per heavy atom. The smallest absolute Gasteiger partial charge is 0.272 e. The van der Waals surface area contributed by atoms with Gasteiger partial charge in [0.1, 0.15) is 5.69 Å². The van der Waals surface area contributed by atoms with Crippen LogP contribution in [0.15, 0.2) is 24.3 Å². The fraction of sp³-hybridized carbons (Fsp3) is 0.350. The van der Waals surface area contributed by atoms with Crippen molar-refractivity contribution in [3.63, 3.8) is 0 Å². The summed E-state index contributed by atoms with van der Waals surface area (Å²) in [5.41, 5.74) is 4.06. The number of anilines is 2. The molecule has 2 aromatic rings. The minimum absolute atomic E-state index is 0.0547. The van der Waals surface area contributed by atoms with Gasteiger partial charge in [-0.05, 0) is 62.4 Å². The summed E-state index contributed by atoms with van der Waals surface area (Å²) in [5.74, 6) is 0.0484. The van der Waals surface area contributed by atoms with Crippen molar-refractivity contribution in [1.29, 1.82) is 0 Å². The van der Waals surface area contributed by atoms with Crippen molar-refractivity contribution in [3.05, 3.63) is 46.8 Å². The molecule has 2 aliphatic rings. The number of rotatable bonds is 4. The SMILES string of the molecule is Cc1c(C(=O)Nc2ccc(NC(=O)C3CC3)cc2)[nH]c2c1C(=O)CCC2. The molecule has 1 heterocycles. The molecule has 26 heavy (non-hydrogen) atoms. The third-order valence-corrected chi connectivity index (χ3v) is 5.02. The molecule has 1 aromatic carbocycles. The van der Waals surface area contributed by atoms with E-state index in [1.54, 1.807) is 24.3 Å². The monoisotopic (exact) mass is 351 g/mol. The average molecular weight is 351 g/mol. The first kappa shape index (κ1) is 16.6. The summed E-state index contributed by atoms with van der Waals surface area (Å²) >= 11 is 0. The number of aromatic amines is 1. The van der Waals surface area contributed by atoms with E-state index >= 15 is 0 Å². The molecule has 2 aliphatic carbocycles. The standard InChI is InChI=1S/C20H21N3O3/c1-11-17-15(3-2-4-16(17)24)23-18(11)20(26)22-14-9-7-13(8-10-14)21-19(25)12-5-6-12/h7-10,12,23H,2-6H2,1H3,(H,21,25)(H,22,26). The summed E-state index contributed by atoms with van der Waals surface area (Å²) in [6, 6.07) is 7.05. The van der Waals surface area contributed by atoms with Crippen molar-refractivity contribution in [2.45, 2.75) is 39.0 Å². The number of Topliss-reactive ketones (excluding diaryl/α,β-unsaturated/α-hetero) is 1. The molecule has 134 valence electrons. The number of carbonyl (C=O) groups is 3. The van der Waals surface area contributed by atoms with Crippen molar-refractivity contribution < 1.29 is 14.4 Å². The molecule has 0 bridgehead atoms. The van der Waals surface area contributed by atoms with Crippen molar-refractivity contribution in [2.24, 2.45) is 5.92 Å². The maximum Gasteiger partial charge on any atom is 0.272 e. The Labute approximate surface area is 151 Å². The van der Waals surface area contributed by atoms with Crippen LogP contribution in [0.25, 0.3) is 0 Å². The minimum atomic E-state index is -0.264. The highest BCUT2D eigenvalue weighted by molar-refractivity contribution is 6.08. The largest absolute Gasteiger partial charge is 0.354 e. The zero-order valence-corrected chi connectivity index (χ0v) is 14.6. The van der Waals surface area contributed by atoms with E-state index in [0.717, 1.165) is 42.6 Å². The molecule has 3 N–H and O–H groups in total. The van der Waals surface area contributed by atoms with E-state index in [9.17, 15) is 14.4 Å². The van der Waals surface area contributed by atoms with Crippen molar-refractivity contribution >= 4 is 29.0 Å². The number of hydrogen-bond donors (Lipinski definition) is 3. The Bertz CT molecular complexity index is 892. The Hall–Kier alpha value is -2.89. The first-order valence-corrected chi connectivity index (χ1v) is 9.00. The van der Waals surface area contributed by atoms with Crippen LogP contribution in [-0.4, -0.2) is 22.6 Å². The molecule has 6 heteroatoms. The number of H-pyrrole nitrogens is 1. The Balaban J connectivity index is 1.46. The van der Waals surface area contributed by atoms with Crippen LogP contribution >= 0.6 is 0 Å². The molecular formula is C20H21N3O3. The van der Waals surface area contributed by atoms with E-state index in [2.05, 4.69) is 15.6 Å². The molecule has 0 saturated heterocycles. The first-order valence-electron chi connectivity index (χ1n) is 9.00. The number of aryl methyl sites for hydroxylation is 1. The molecule has 0 atom stereocenters. The van der Waals surface area contributed by atoms with Gasteiger partial charge in [0.2, 0.25) is 5.91 Å². The molecule has 0 spiro atoms. The molecule has 0 radical (unpaired) electrons. The van der Waals surface area contributed by atoms with Crippen molar-refractivity contribution in [2.75, 3.05) is 10.6 Å². The lowest BCUT2D eigenvalue weighted by Crippen LogP contribution is -2.15. The molecule has 4 rings (SSSR count). The molecule has 6 nitrogen and oxygen atoms in total. The summed E-state index contributed by atoms with van der Waals surface area (Å²) < 4.78 is 0. The fourth-order valence-electron chi connectivity index (χ4n) is 3.42. The minimum Gasteiger partial charge on any atom is -0.354 e. The third-order valence-electron chi connectivity index (χ3n) is 5.02. The van der Waals surface area contributed by atoms with Crippen LogP contribution in [0.2, 0.25) is 0 Å². The van der Waals surface area contributed by atoms with Crippen LogP contribution in [0.4, 0.5) is 11.4 Å². The third kappa shape index (κ3) is 3.14. The fourth-order valence-corrected chi connectivity index (χ4v) is 3.42. The topological polar surface area (TPSA) is 91.1 Å². The second-order valence-corrected chi connectivity index (χ2v) is 7.05. The number of fused-ring (bicyclic) bond motifs is 1. The Kier molecular flexibility index (Phi) is 4.11. The molecule has 1 aromatic heterocycles. The van der Waals surface area contributed by atoms with Gasteiger partial charge >= 0.3 is 0 Å². The van der Waals surface area contributed by atoms with Crippen molar-refractivity contribution in [3.8, 4) is 0 Å². The number of amides is 2. The Morgan fingerprint density at radius 2 is 1.69 bits per heavy atom. The number of carbonyl (C=O) groups excluding carboxylic acids is 3. The number of ketones is 1. The molecule has 1 saturated carbocycles. The summed E-state index contributed by atoms with van der Waals surface area (Å²) in [5, 5.41) is 5.71. The quantitative estimate of drug-likeness (QED) is 0.788. The number of hydrogen-bond acceptors (Lipinski definition) is 3. The van der Waals surface area contributed by atoms with E-state index in [0.29, 0.717) is 23.4 Å². The van der Waals surface area contributed by atoms with Gasteiger partial charge in [-0.3, -0.25) is 14.4 Å². The van der Waals surface area contributed by atoms with Gasteiger partial charge in [0.05, 0.1) is 0 Å². The van der Waals surface area contributed by atoms with E-state index in [1.807, 2.05) is 6.92 Å². The Morgan fingerprint density at radius 1 is 1.04 bits per heavy atom. The summed E-state index contributed by atoms with van der Waals surface area (Å²) in [6.07, 6.45) is 4.08. The zero-order valence-electron chi connectivity index (χ0n) is 14.6. The second kappa shape index (κ2) is 6.44.